The lowest BCUT2D eigenvalue weighted by atomic mass is 10.3. The van der Waals surface area contributed by atoms with E-state index in [-0.39, 0.29) is 0 Å². The van der Waals surface area contributed by atoms with Crippen LogP contribution in [0.2, 0.25) is 0 Å². The summed E-state index contributed by atoms with van der Waals surface area (Å²) in [6.45, 7) is 0. The van der Waals surface area contributed by atoms with Gasteiger partial charge in [0.1, 0.15) is 0 Å². The van der Waals surface area contributed by atoms with Crippen LogP contribution in [0.1, 0.15) is 0 Å². The summed E-state index contributed by atoms with van der Waals surface area (Å²) in [6, 6.07) is 8.53. The zero-order valence-electron chi connectivity index (χ0n) is 4.78. The van der Waals surface area contributed by atoms with Crippen LogP contribution in [0, 0.1) is 0 Å². The quantitative estimate of drug-likeness (QED) is 0.463. The van der Waals surface area contributed by atoms with Gasteiger partial charge in [-0.3, -0.25) is 0 Å². The molecule has 0 saturated heterocycles. The molecule has 1 aromatic rings. The molecule has 0 spiro atoms. The minimum atomic E-state index is -0.629. The summed E-state index contributed by atoms with van der Waals surface area (Å²) in [7, 11) is 0. The molecule has 0 aromatic heterocycles. The number of hydrogen-bond acceptors (Lipinski definition) is 2. The highest BCUT2D eigenvalue weighted by molar-refractivity contribution is 5.26. The van der Waals surface area contributed by atoms with E-state index in [9.17, 15) is 0 Å². The van der Waals surface area contributed by atoms with E-state index in [4.69, 9.17) is 10.4 Å². The van der Waals surface area contributed by atoms with Crippen molar-refractivity contribution in [3.63, 3.8) is 0 Å². The van der Waals surface area contributed by atoms with Crippen molar-refractivity contribution >= 4 is 5.69 Å². The van der Waals surface area contributed by atoms with E-state index >= 15 is 0 Å². The van der Waals surface area contributed by atoms with Crippen LogP contribution in [-0.2, 0) is 0 Å². The molecule has 3 nitrogen and oxygen atoms in total. The van der Waals surface area contributed by atoms with E-state index < -0.39 is 5.23 Å². The Balaban J connectivity index is 2.85. The number of nitrogens with one attached hydrogen (secondary N) is 1. The molecule has 0 unspecified atom stereocenters. The maximum atomic E-state index is 8.50. The number of para-hydroxylation sites is 1. The molecule has 1 rings (SSSR count). The van der Waals surface area contributed by atoms with Crippen molar-refractivity contribution in [2.24, 2.45) is 0 Å². The molecule has 0 radical (unpaired) electrons. The van der Waals surface area contributed by atoms with Crippen LogP contribution in [0.4, 0.5) is 5.69 Å². The molecule has 0 saturated carbocycles. The molecule has 0 fully saturated rings. The van der Waals surface area contributed by atoms with E-state index in [1.54, 1.807) is 24.3 Å². The van der Waals surface area contributed by atoms with Crippen LogP contribution in [0.25, 0.3) is 0 Å². The van der Waals surface area contributed by atoms with Gasteiger partial charge >= 0.3 is 0 Å². The third-order valence-corrected chi connectivity index (χ3v) is 1.03. The van der Waals surface area contributed by atoms with Crippen molar-refractivity contribution in [3.05, 3.63) is 30.3 Å². The molecular weight excluding hydrogens is 118 g/mol. The van der Waals surface area contributed by atoms with Crippen molar-refractivity contribution in [2.75, 3.05) is 0 Å². The second kappa shape index (κ2) is 2.59. The summed E-state index contributed by atoms with van der Waals surface area (Å²) in [5, 5.41) is 16.4. The monoisotopic (exact) mass is 126 g/mol. The molecule has 48 valence electrons. The number of hydrogen-bond donors (Lipinski definition) is 3. The maximum absolute atomic E-state index is 8.50. The molecular formula is C6H8NO2+. The first-order valence-corrected chi connectivity index (χ1v) is 2.61. The van der Waals surface area contributed by atoms with E-state index in [0.29, 0.717) is 5.69 Å². The summed E-state index contributed by atoms with van der Waals surface area (Å²) in [6.07, 6.45) is 0. The molecule has 9 heavy (non-hydrogen) atoms. The van der Waals surface area contributed by atoms with E-state index in [1.807, 2.05) is 6.07 Å². The lowest BCUT2D eigenvalue weighted by Gasteiger charge is -1.96. The van der Waals surface area contributed by atoms with E-state index in [1.165, 1.54) is 0 Å². The minimum Gasteiger partial charge on any atom is -0.178 e. The Morgan fingerprint density at radius 2 is 1.56 bits per heavy atom. The Bertz CT molecular complexity index is 174. The predicted molar refractivity (Wildman–Crippen MR) is 30.6 cm³/mol. The van der Waals surface area contributed by atoms with Gasteiger partial charge in [0.25, 0.3) is 0 Å². The fourth-order valence-electron chi connectivity index (χ4n) is 0.587. The molecule has 0 amide bonds. The Hall–Kier alpha value is -0.900. The molecule has 0 bridgehead atoms. The lowest BCUT2D eigenvalue weighted by Crippen LogP contribution is -3.01. The van der Waals surface area contributed by atoms with Gasteiger partial charge in [-0.25, -0.2) is 0 Å². The molecule has 3 heteroatoms. The standard InChI is InChI=1S/C6H7NO2/c8-7(9)6-4-2-1-3-5-6/h1-5,8-9H/p+1. The number of benzene rings is 1. The molecule has 0 aliphatic rings. The normalized spacial score (nSPS) is 10.1. The highest BCUT2D eigenvalue weighted by atomic mass is 16.8. The van der Waals surface area contributed by atoms with Crippen LogP contribution < -0.4 is 5.23 Å². The lowest BCUT2D eigenvalue weighted by molar-refractivity contribution is -1.19. The fourth-order valence-corrected chi connectivity index (χ4v) is 0.587. The fraction of sp³-hybridized carbons (Fsp3) is 0. The maximum Gasteiger partial charge on any atom is 0.197 e. The highest BCUT2D eigenvalue weighted by Gasteiger charge is 2.00. The summed E-state index contributed by atoms with van der Waals surface area (Å²) in [4.78, 5) is 0. The van der Waals surface area contributed by atoms with Crippen molar-refractivity contribution in [3.8, 4) is 0 Å². The predicted octanol–water partition coefficient (Wildman–Crippen LogP) is -0.0186. The number of rotatable bonds is 1. The molecule has 0 atom stereocenters. The zero-order chi connectivity index (χ0) is 6.69. The highest BCUT2D eigenvalue weighted by Crippen LogP contribution is 1.95. The van der Waals surface area contributed by atoms with Crippen molar-refractivity contribution in [2.45, 2.75) is 0 Å². The third kappa shape index (κ3) is 1.50. The second-order valence-corrected chi connectivity index (χ2v) is 1.69. The third-order valence-electron chi connectivity index (χ3n) is 1.03. The summed E-state index contributed by atoms with van der Waals surface area (Å²) < 4.78 is 0. The van der Waals surface area contributed by atoms with Gasteiger partial charge in [0, 0.05) is 12.1 Å². The topological polar surface area (TPSA) is 44.9 Å². The molecule has 0 aliphatic heterocycles. The van der Waals surface area contributed by atoms with Crippen LogP contribution in [-0.4, -0.2) is 10.4 Å². The van der Waals surface area contributed by atoms with Gasteiger partial charge in [-0.15, -0.1) is 0 Å². The average Bonchev–Trinajstić information content (AvgIpc) is 1.90. The summed E-state index contributed by atoms with van der Waals surface area (Å²) >= 11 is 0. The van der Waals surface area contributed by atoms with Gasteiger partial charge in [0.05, 0.1) is 0 Å². The Morgan fingerprint density at radius 3 is 1.89 bits per heavy atom. The molecule has 0 heterocycles. The first kappa shape index (κ1) is 6.22. The second-order valence-electron chi connectivity index (χ2n) is 1.69. The largest absolute Gasteiger partial charge is 0.197 e. The van der Waals surface area contributed by atoms with Gasteiger partial charge in [-0.05, 0) is 5.23 Å². The Labute approximate surface area is 52.7 Å². The Morgan fingerprint density at radius 1 is 1.00 bits per heavy atom. The number of quaternary nitrogens is 1. The average molecular weight is 126 g/mol. The van der Waals surface area contributed by atoms with Gasteiger partial charge in [-0.1, -0.05) is 18.2 Å². The molecule has 1 aromatic carbocycles. The van der Waals surface area contributed by atoms with Crippen LogP contribution in [0.15, 0.2) is 30.3 Å². The molecule has 3 N–H and O–H groups in total. The van der Waals surface area contributed by atoms with Crippen LogP contribution >= 0.6 is 0 Å². The SMILES string of the molecule is O[NH+](O)c1ccccc1. The van der Waals surface area contributed by atoms with Crippen molar-refractivity contribution in [1.82, 2.24) is 0 Å². The van der Waals surface area contributed by atoms with Gasteiger partial charge < -0.3 is 0 Å². The van der Waals surface area contributed by atoms with Gasteiger partial charge in [0.15, 0.2) is 5.69 Å². The first-order valence-electron chi connectivity index (χ1n) is 2.61. The van der Waals surface area contributed by atoms with Crippen molar-refractivity contribution < 1.29 is 15.6 Å². The first-order chi connectivity index (χ1) is 4.30. The summed E-state index contributed by atoms with van der Waals surface area (Å²) in [5.74, 6) is 0. The Kier molecular flexibility index (Phi) is 1.79. The van der Waals surface area contributed by atoms with Crippen LogP contribution in [0.3, 0.4) is 0 Å². The van der Waals surface area contributed by atoms with Gasteiger partial charge in [-0.2, -0.15) is 10.4 Å². The summed E-state index contributed by atoms with van der Waals surface area (Å²) in [5.41, 5.74) is 0.442. The van der Waals surface area contributed by atoms with E-state index in [0.717, 1.165) is 0 Å². The molecule has 0 aliphatic carbocycles. The minimum absolute atomic E-state index is 0.442. The zero-order valence-corrected chi connectivity index (χ0v) is 4.78. The van der Waals surface area contributed by atoms with Crippen molar-refractivity contribution in [1.29, 1.82) is 0 Å². The van der Waals surface area contributed by atoms with Crippen LogP contribution in [0.5, 0.6) is 0 Å². The van der Waals surface area contributed by atoms with E-state index in [2.05, 4.69) is 0 Å². The van der Waals surface area contributed by atoms with Gasteiger partial charge in [0.2, 0.25) is 0 Å². The smallest absolute Gasteiger partial charge is 0.178 e.